The van der Waals surface area contributed by atoms with Gasteiger partial charge in [0.25, 0.3) is 12.3 Å². The molecule has 3 fully saturated rings. The van der Waals surface area contributed by atoms with E-state index in [1.165, 1.54) is 25.4 Å². The minimum Gasteiger partial charge on any atom is -0.496 e. The molecule has 0 aliphatic heterocycles. The maximum atomic E-state index is 13.7. The Labute approximate surface area is 253 Å². The molecule has 1 aromatic carbocycles. The zero-order valence-corrected chi connectivity index (χ0v) is 24.5. The Morgan fingerprint density at radius 3 is 2.55 bits per heavy atom. The number of methoxy groups -OCH3 is 1. The van der Waals surface area contributed by atoms with Gasteiger partial charge in [-0.25, -0.2) is 18.7 Å². The van der Waals surface area contributed by atoms with Crippen molar-refractivity contribution in [3.05, 3.63) is 47.0 Å². The Balaban J connectivity index is 1.30. The molecule has 3 N–H and O–H groups in total. The van der Waals surface area contributed by atoms with Crippen LogP contribution in [-0.2, 0) is 16.1 Å². The number of ether oxygens (including phenoxy) is 2. The summed E-state index contributed by atoms with van der Waals surface area (Å²) in [6.07, 6.45) is 2.45. The second kappa shape index (κ2) is 12.7. The van der Waals surface area contributed by atoms with Crippen molar-refractivity contribution in [1.29, 1.82) is 5.26 Å². The molecular weight excluding hydrogens is 576 g/mol. The monoisotopic (exact) mass is 611 g/mol. The number of amides is 2. The highest BCUT2D eigenvalue weighted by Gasteiger charge is 2.51. The molecule has 1 aromatic heterocycles. The fraction of sp³-hybridized carbons (Fsp3) is 0.548. The van der Waals surface area contributed by atoms with E-state index in [9.17, 15) is 33.5 Å². The highest BCUT2D eigenvalue weighted by molar-refractivity contribution is 5.98. The van der Waals surface area contributed by atoms with Crippen LogP contribution in [0.4, 0.5) is 8.78 Å². The smallest absolute Gasteiger partial charge is 0.309 e. The number of hydrogen-bond donors (Lipinski definition) is 3. The number of carbonyl (C=O) groups excluding carboxylic acids is 2. The molecular formula is C31H35F2N5O6. The molecule has 1 heterocycles. The van der Waals surface area contributed by atoms with Gasteiger partial charge in [-0.2, -0.15) is 5.26 Å². The average Bonchev–Trinajstić information content (AvgIpc) is 3.63. The number of halogens is 2. The van der Waals surface area contributed by atoms with Gasteiger partial charge in [-0.1, -0.05) is 0 Å². The number of fused-ring (bicyclic) bond motifs is 2. The third-order valence-electron chi connectivity index (χ3n) is 9.40. The van der Waals surface area contributed by atoms with Crippen LogP contribution in [0.25, 0.3) is 0 Å². The van der Waals surface area contributed by atoms with E-state index in [4.69, 9.17) is 9.47 Å². The van der Waals surface area contributed by atoms with Crippen LogP contribution in [0.1, 0.15) is 85.7 Å². The number of hydrogen-bond acceptors (Lipinski definition) is 8. The molecule has 13 heteroatoms. The molecule has 2 aromatic rings. The van der Waals surface area contributed by atoms with Crippen molar-refractivity contribution >= 4 is 17.8 Å². The molecule has 2 amide bonds. The number of carboxylic acid groups (broad SMARTS) is 1. The number of rotatable bonds is 10. The fourth-order valence-electron chi connectivity index (χ4n) is 6.84. The minimum absolute atomic E-state index is 0.0585. The summed E-state index contributed by atoms with van der Waals surface area (Å²) in [5, 5.41) is 25.1. The summed E-state index contributed by atoms with van der Waals surface area (Å²) in [4.78, 5) is 46.4. The molecule has 0 unspecified atom stereocenters. The third-order valence-corrected chi connectivity index (χ3v) is 9.40. The number of alkyl halides is 2. The van der Waals surface area contributed by atoms with Crippen LogP contribution in [0.5, 0.6) is 11.5 Å². The van der Waals surface area contributed by atoms with Gasteiger partial charge in [0, 0.05) is 18.3 Å². The number of carbonyl (C=O) groups is 3. The molecule has 3 aliphatic carbocycles. The van der Waals surface area contributed by atoms with Crippen molar-refractivity contribution in [1.82, 2.24) is 20.6 Å². The molecule has 11 nitrogen and oxygen atoms in total. The summed E-state index contributed by atoms with van der Waals surface area (Å²) < 4.78 is 37.6. The average molecular weight is 612 g/mol. The van der Waals surface area contributed by atoms with Crippen molar-refractivity contribution < 1.29 is 37.7 Å². The Morgan fingerprint density at radius 2 is 1.89 bits per heavy atom. The number of nitriles is 1. The summed E-state index contributed by atoms with van der Waals surface area (Å²) in [7, 11) is 1.39. The molecule has 0 radical (unpaired) electrons. The maximum absolute atomic E-state index is 13.7. The lowest BCUT2D eigenvalue weighted by molar-refractivity contribution is -0.150. The quantitative estimate of drug-likeness (QED) is 0.358. The molecule has 3 saturated carbocycles. The lowest BCUT2D eigenvalue weighted by Gasteiger charge is -2.34. The van der Waals surface area contributed by atoms with E-state index in [1.54, 1.807) is 6.92 Å². The molecule has 3 aliphatic rings. The lowest BCUT2D eigenvalue weighted by Crippen LogP contribution is -2.49. The largest absolute Gasteiger partial charge is 0.496 e. The normalized spacial score (nSPS) is 27.4. The first-order valence-corrected chi connectivity index (χ1v) is 14.7. The zero-order chi connectivity index (χ0) is 31.6. The van der Waals surface area contributed by atoms with E-state index in [-0.39, 0.29) is 58.8 Å². The van der Waals surface area contributed by atoms with Gasteiger partial charge in [0.2, 0.25) is 5.91 Å². The number of nitrogens with zero attached hydrogens (tertiary/aromatic N) is 3. The molecule has 234 valence electrons. The minimum atomic E-state index is -2.75. The summed E-state index contributed by atoms with van der Waals surface area (Å²) in [6.45, 7) is 1.59. The van der Waals surface area contributed by atoms with Gasteiger partial charge in [-0.15, -0.1) is 0 Å². The van der Waals surface area contributed by atoms with E-state index in [0.717, 1.165) is 25.3 Å². The zero-order valence-electron chi connectivity index (χ0n) is 24.5. The van der Waals surface area contributed by atoms with Crippen LogP contribution < -0.4 is 20.1 Å². The summed E-state index contributed by atoms with van der Waals surface area (Å²) in [5.74, 6) is -1.57. The van der Waals surface area contributed by atoms with E-state index in [1.807, 2.05) is 0 Å². The first kappa shape index (κ1) is 31.1. The Hall–Kier alpha value is -4.34. The van der Waals surface area contributed by atoms with Crippen LogP contribution >= 0.6 is 0 Å². The topological polar surface area (TPSA) is 164 Å². The summed E-state index contributed by atoms with van der Waals surface area (Å²) in [5.41, 5.74) is -0.918. The van der Waals surface area contributed by atoms with Gasteiger partial charge < -0.3 is 25.2 Å². The molecule has 2 bridgehead atoms. The van der Waals surface area contributed by atoms with Gasteiger partial charge >= 0.3 is 5.97 Å². The fourth-order valence-corrected chi connectivity index (χ4v) is 6.84. The molecule has 44 heavy (non-hydrogen) atoms. The van der Waals surface area contributed by atoms with Gasteiger partial charge in [0.05, 0.1) is 42.2 Å². The number of carboxylic acids is 1. The Bertz CT molecular complexity index is 1470. The van der Waals surface area contributed by atoms with E-state index >= 15 is 0 Å². The highest BCUT2D eigenvalue weighted by Crippen LogP contribution is 2.49. The Kier molecular flexibility index (Phi) is 8.99. The summed E-state index contributed by atoms with van der Waals surface area (Å²) >= 11 is 0. The Morgan fingerprint density at radius 1 is 1.16 bits per heavy atom. The SMILES string of the molecule is COc1cc(C#N)c(OC2CCC(C)(C(=O)O)CC2)cc1C(=O)N[C@@H]1[C@H]2CC[C@H](C2)[C@@H]1C(=O)NCc1nccc(C(F)F)n1. The van der Waals surface area contributed by atoms with E-state index in [2.05, 4.69) is 26.7 Å². The van der Waals surface area contributed by atoms with Gasteiger partial charge in [0.15, 0.2) is 0 Å². The van der Waals surface area contributed by atoms with Gasteiger partial charge in [-0.3, -0.25) is 14.4 Å². The van der Waals surface area contributed by atoms with Crippen LogP contribution in [0.15, 0.2) is 24.4 Å². The molecule has 5 rings (SSSR count). The van der Waals surface area contributed by atoms with Crippen molar-refractivity contribution in [2.45, 2.75) is 77.0 Å². The first-order valence-electron chi connectivity index (χ1n) is 14.7. The van der Waals surface area contributed by atoms with Crippen LogP contribution in [0.3, 0.4) is 0 Å². The molecule has 4 atom stereocenters. The van der Waals surface area contributed by atoms with E-state index < -0.39 is 41.4 Å². The number of aromatic nitrogens is 2. The number of benzene rings is 1. The molecule has 0 saturated heterocycles. The second-order valence-electron chi connectivity index (χ2n) is 12.1. The second-order valence-corrected chi connectivity index (χ2v) is 12.1. The van der Waals surface area contributed by atoms with Crippen molar-refractivity contribution in [2.75, 3.05) is 7.11 Å². The highest BCUT2D eigenvalue weighted by atomic mass is 19.3. The third kappa shape index (κ3) is 6.30. The summed E-state index contributed by atoms with van der Waals surface area (Å²) in [6, 6.07) is 5.64. The molecule has 0 spiro atoms. The predicted octanol–water partition coefficient (Wildman–Crippen LogP) is 4.17. The predicted molar refractivity (Wildman–Crippen MR) is 151 cm³/mol. The van der Waals surface area contributed by atoms with Crippen LogP contribution in [-0.4, -0.2) is 52.1 Å². The van der Waals surface area contributed by atoms with Crippen molar-refractivity contribution in [2.24, 2.45) is 23.2 Å². The van der Waals surface area contributed by atoms with E-state index in [0.29, 0.717) is 25.7 Å². The van der Waals surface area contributed by atoms with Crippen molar-refractivity contribution in [3.63, 3.8) is 0 Å². The van der Waals surface area contributed by atoms with Crippen molar-refractivity contribution in [3.8, 4) is 17.6 Å². The standard InChI is InChI=1S/C31H35F2N5O6/c1-31(30(41)42)8-5-19(6-9-31)44-22-13-20(23(43-2)12-18(22)14-34)28(39)38-26-17-4-3-16(11-17)25(26)29(40)36-15-24-35-10-7-21(37-24)27(32)33/h7,10,12-13,16-17,19,25-27H,3-6,8-9,11,15H2,1-2H3,(H,36,40)(H,38,39)(H,41,42)/t16-,17+,19?,25+,26-,31?/m1/s1. The number of aliphatic carboxylic acids is 1. The maximum Gasteiger partial charge on any atom is 0.309 e. The lowest BCUT2D eigenvalue weighted by atomic mass is 9.75. The van der Waals surface area contributed by atoms with Gasteiger partial charge in [0.1, 0.15) is 29.1 Å². The van der Waals surface area contributed by atoms with Gasteiger partial charge in [-0.05, 0) is 75.8 Å². The van der Waals surface area contributed by atoms with Crippen LogP contribution in [0.2, 0.25) is 0 Å². The first-order chi connectivity index (χ1) is 21.0. The number of nitrogens with one attached hydrogen (secondary N) is 2. The van der Waals surface area contributed by atoms with Crippen LogP contribution in [0, 0.1) is 34.5 Å².